The van der Waals surface area contributed by atoms with Crippen LogP contribution in [0.2, 0.25) is 0 Å². The lowest BCUT2D eigenvalue weighted by Gasteiger charge is -2.50. The zero-order chi connectivity index (χ0) is 21.4. The molecular formula is C24H26N6O. The molecule has 3 unspecified atom stereocenters. The second kappa shape index (κ2) is 8.06. The number of anilines is 1. The van der Waals surface area contributed by atoms with Gasteiger partial charge in [0.15, 0.2) is 5.82 Å². The van der Waals surface area contributed by atoms with Crippen molar-refractivity contribution >= 4 is 11.7 Å². The van der Waals surface area contributed by atoms with Crippen molar-refractivity contribution in [3.05, 3.63) is 65.9 Å². The quantitative estimate of drug-likeness (QED) is 0.701. The molecule has 7 heteroatoms. The molecule has 31 heavy (non-hydrogen) atoms. The second-order valence-electron chi connectivity index (χ2n) is 8.62. The molecule has 1 N–H and O–H groups in total. The molecule has 2 bridgehead atoms. The number of aromatic nitrogens is 4. The first-order chi connectivity index (χ1) is 15.1. The average Bonchev–Trinajstić information content (AvgIpc) is 2.81. The Morgan fingerprint density at radius 3 is 2.65 bits per heavy atom. The number of nitrogens with zero attached hydrogens (tertiary/aromatic N) is 5. The highest BCUT2D eigenvalue weighted by molar-refractivity contribution is 6.00. The van der Waals surface area contributed by atoms with Crippen molar-refractivity contribution in [1.82, 2.24) is 24.8 Å². The number of aryl methyl sites for hydroxylation is 2. The summed E-state index contributed by atoms with van der Waals surface area (Å²) >= 11 is 0. The summed E-state index contributed by atoms with van der Waals surface area (Å²) in [6.07, 6.45) is 10.2. The van der Waals surface area contributed by atoms with Crippen LogP contribution in [0, 0.1) is 19.8 Å². The Morgan fingerprint density at radius 2 is 1.90 bits per heavy atom. The van der Waals surface area contributed by atoms with Gasteiger partial charge >= 0.3 is 0 Å². The first kappa shape index (κ1) is 19.6. The van der Waals surface area contributed by atoms with Crippen LogP contribution in [0.3, 0.4) is 0 Å². The van der Waals surface area contributed by atoms with Gasteiger partial charge in [0.2, 0.25) is 0 Å². The summed E-state index contributed by atoms with van der Waals surface area (Å²) in [5.41, 5.74) is 3.40. The van der Waals surface area contributed by atoms with E-state index < -0.39 is 0 Å². The summed E-state index contributed by atoms with van der Waals surface area (Å²) in [5, 5.41) is 3.54. The summed E-state index contributed by atoms with van der Waals surface area (Å²) in [5.74, 6) is 1.90. The highest BCUT2D eigenvalue weighted by Crippen LogP contribution is 2.38. The van der Waals surface area contributed by atoms with Gasteiger partial charge < -0.3 is 10.2 Å². The van der Waals surface area contributed by atoms with E-state index in [1.165, 1.54) is 0 Å². The van der Waals surface area contributed by atoms with E-state index >= 15 is 0 Å². The van der Waals surface area contributed by atoms with Gasteiger partial charge in [-0.1, -0.05) is 17.7 Å². The van der Waals surface area contributed by atoms with E-state index in [2.05, 4.69) is 30.2 Å². The third kappa shape index (κ3) is 3.87. The number of piperidine rings is 2. The van der Waals surface area contributed by atoms with Crippen LogP contribution in [0.25, 0.3) is 11.4 Å². The molecule has 4 heterocycles. The van der Waals surface area contributed by atoms with E-state index in [1.807, 2.05) is 32.0 Å². The number of hydrogen-bond donors (Lipinski definition) is 1. The highest BCUT2D eigenvalue weighted by atomic mass is 16.2. The minimum absolute atomic E-state index is 0.0577. The number of rotatable bonds is 4. The van der Waals surface area contributed by atoms with Crippen LogP contribution in [0.15, 0.2) is 49.1 Å². The van der Waals surface area contributed by atoms with E-state index in [1.54, 1.807) is 30.9 Å². The summed E-state index contributed by atoms with van der Waals surface area (Å²) in [6.45, 7) is 4.73. The molecule has 6 rings (SSSR count). The average molecular weight is 415 g/mol. The lowest BCUT2D eigenvalue weighted by molar-refractivity contribution is 0.0282. The Hall–Kier alpha value is -3.35. The van der Waals surface area contributed by atoms with Gasteiger partial charge in [-0.3, -0.25) is 9.78 Å². The van der Waals surface area contributed by atoms with Gasteiger partial charge in [-0.15, -0.1) is 0 Å². The zero-order valence-electron chi connectivity index (χ0n) is 17.8. The Balaban J connectivity index is 1.44. The molecule has 1 amide bonds. The van der Waals surface area contributed by atoms with Gasteiger partial charge in [0.05, 0.1) is 29.7 Å². The Kier molecular flexibility index (Phi) is 5.10. The van der Waals surface area contributed by atoms with Gasteiger partial charge in [-0.05, 0) is 51.2 Å². The Morgan fingerprint density at radius 1 is 1.06 bits per heavy atom. The number of carbonyl (C=O) groups excluding carboxylic acids is 1. The maximum absolute atomic E-state index is 13.8. The zero-order valence-corrected chi connectivity index (χ0v) is 17.8. The fraction of sp³-hybridized carbons (Fsp3) is 0.375. The van der Waals surface area contributed by atoms with Crippen molar-refractivity contribution in [2.45, 2.75) is 45.2 Å². The van der Waals surface area contributed by atoms with Crippen molar-refractivity contribution in [3.63, 3.8) is 0 Å². The topological polar surface area (TPSA) is 83.9 Å². The number of amides is 1. The normalized spacial score (nSPS) is 22.4. The van der Waals surface area contributed by atoms with Crippen LogP contribution >= 0.6 is 0 Å². The molecule has 2 aliphatic heterocycles. The molecular weight excluding hydrogens is 388 g/mol. The van der Waals surface area contributed by atoms with Gasteiger partial charge in [-0.2, -0.15) is 0 Å². The van der Waals surface area contributed by atoms with E-state index in [9.17, 15) is 4.79 Å². The molecule has 2 aromatic heterocycles. The van der Waals surface area contributed by atoms with E-state index in [4.69, 9.17) is 0 Å². The lowest BCUT2D eigenvalue weighted by Crippen LogP contribution is -2.59. The highest BCUT2D eigenvalue weighted by Gasteiger charge is 2.43. The molecule has 7 nitrogen and oxygen atoms in total. The molecule has 3 aliphatic rings. The number of carbonyl (C=O) groups is 1. The molecule has 3 aromatic rings. The third-order valence-electron chi connectivity index (χ3n) is 6.36. The van der Waals surface area contributed by atoms with Crippen molar-refractivity contribution in [3.8, 4) is 11.4 Å². The standard InChI is InChI=1S/C24H26N6O/c1-15-4-6-18(23-25-8-3-9-26-23)19(10-15)24(31)30-14-17-5-7-21(30)20(11-17)29-22-13-27-16(2)12-28-22/h3-4,6,8-10,12-13,17,20-21H,5,7,11,14H2,1-2H3,(H,28,29). The number of fused-ring (bicyclic) bond motifs is 3. The van der Waals surface area contributed by atoms with E-state index in [-0.39, 0.29) is 18.0 Å². The molecule has 158 valence electrons. The van der Waals surface area contributed by atoms with Crippen molar-refractivity contribution in [2.75, 3.05) is 11.9 Å². The molecule has 1 aromatic carbocycles. The smallest absolute Gasteiger partial charge is 0.254 e. The molecule has 1 saturated carbocycles. The SMILES string of the molecule is Cc1ccc(-c2ncccn2)c(C(=O)N2CC3CCC2C(Nc2cnc(C)cn2)C3)c1. The first-order valence-corrected chi connectivity index (χ1v) is 10.8. The van der Waals surface area contributed by atoms with Gasteiger partial charge in [-0.25, -0.2) is 15.0 Å². The molecule has 3 atom stereocenters. The van der Waals surface area contributed by atoms with Crippen molar-refractivity contribution in [1.29, 1.82) is 0 Å². The second-order valence-corrected chi connectivity index (χ2v) is 8.62. The molecule has 1 aliphatic carbocycles. The summed E-state index contributed by atoms with van der Waals surface area (Å²) < 4.78 is 0. The number of hydrogen-bond acceptors (Lipinski definition) is 6. The fourth-order valence-corrected chi connectivity index (χ4v) is 4.86. The van der Waals surface area contributed by atoms with Crippen molar-refractivity contribution < 1.29 is 4.79 Å². The van der Waals surface area contributed by atoms with Gasteiger partial charge in [0.25, 0.3) is 5.91 Å². The largest absolute Gasteiger partial charge is 0.364 e. The monoisotopic (exact) mass is 414 g/mol. The predicted octanol–water partition coefficient (Wildman–Crippen LogP) is 3.66. The summed E-state index contributed by atoms with van der Waals surface area (Å²) in [4.78, 5) is 33.4. The maximum Gasteiger partial charge on any atom is 0.254 e. The van der Waals surface area contributed by atoms with Crippen LogP contribution in [0.1, 0.15) is 40.9 Å². The van der Waals surface area contributed by atoms with Crippen LogP contribution < -0.4 is 5.32 Å². The Bertz CT molecular complexity index is 1080. The van der Waals surface area contributed by atoms with Crippen LogP contribution in [-0.2, 0) is 0 Å². The van der Waals surface area contributed by atoms with Crippen LogP contribution in [0.5, 0.6) is 0 Å². The maximum atomic E-state index is 13.8. The van der Waals surface area contributed by atoms with Crippen LogP contribution in [-0.4, -0.2) is 49.4 Å². The number of benzene rings is 1. The molecule has 0 radical (unpaired) electrons. The van der Waals surface area contributed by atoms with E-state index in [0.29, 0.717) is 17.3 Å². The summed E-state index contributed by atoms with van der Waals surface area (Å²) in [6, 6.07) is 8.01. The minimum Gasteiger partial charge on any atom is -0.364 e. The lowest BCUT2D eigenvalue weighted by atomic mass is 9.76. The molecule has 2 saturated heterocycles. The summed E-state index contributed by atoms with van der Waals surface area (Å²) in [7, 11) is 0. The molecule has 3 fully saturated rings. The van der Waals surface area contributed by atoms with Crippen LogP contribution in [0.4, 0.5) is 5.82 Å². The fourth-order valence-electron chi connectivity index (χ4n) is 4.86. The molecule has 0 spiro atoms. The van der Waals surface area contributed by atoms with Crippen molar-refractivity contribution in [2.24, 2.45) is 5.92 Å². The Labute approximate surface area is 182 Å². The third-order valence-corrected chi connectivity index (χ3v) is 6.36. The predicted molar refractivity (Wildman–Crippen MR) is 119 cm³/mol. The van der Waals surface area contributed by atoms with E-state index in [0.717, 1.165) is 48.4 Å². The van der Waals surface area contributed by atoms with Gasteiger partial charge in [0, 0.05) is 30.5 Å². The minimum atomic E-state index is 0.0577. The first-order valence-electron chi connectivity index (χ1n) is 10.8. The van der Waals surface area contributed by atoms with Gasteiger partial charge in [0.1, 0.15) is 5.82 Å². The number of nitrogens with one attached hydrogen (secondary N) is 1.